The summed E-state index contributed by atoms with van der Waals surface area (Å²) >= 11 is 3.21. The Hall–Kier alpha value is -2.02. The number of nitro benzene ring substituents is 1. The molecule has 0 aliphatic heterocycles. The molecule has 1 heterocycles. The van der Waals surface area contributed by atoms with E-state index in [0.29, 0.717) is 16.7 Å². The molecular formula is C11H9BrN4O2. The Kier molecular flexibility index (Phi) is 3.83. The van der Waals surface area contributed by atoms with Crippen LogP contribution in [-0.4, -0.2) is 14.9 Å². The first-order chi connectivity index (χ1) is 8.66. The van der Waals surface area contributed by atoms with E-state index in [1.165, 1.54) is 12.4 Å². The van der Waals surface area contributed by atoms with Gasteiger partial charge in [0.1, 0.15) is 12.0 Å². The molecule has 18 heavy (non-hydrogen) atoms. The van der Waals surface area contributed by atoms with Crippen molar-refractivity contribution in [2.24, 2.45) is 0 Å². The van der Waals surface area contributed by atoms with Crippen molar-refractivity contribution in [1.29, 1.82) is 0 Å². The van der Waals surface area contributed by atoms with Gasteiger partial charge in [0, 0.05) is 16.7 Å². The van der Waals surface area contributed by atoms with Crippen LogP contribution in [0.5, 0.6) is 0 Å². The highest BCUT2D eigenvalue weighted by Gasteiger charge is 2.13. The normalized spacial score (nSPS) is 10.1. The Balaban J connectivity index is 2.17. The van der Waals surface area contributed by atoms with Crippen LogP contribution in [0.4, 0.5) is 11.4 Å². The van der Waals surface area contributed by atoms with Gasteiger partial charge in [0.05, 0.1) is 17.2 Å². The lowest BCUT2D eigenvalue weighted by atomic mass is 10.2. The summed E-state index contributed by atoms with van der Waals surface area (Å²) in [5, 5.41) is 13.9. The van der Waals surface area contributed by atoms with Crippen LogP contribution >= 0.6 is 15.9 Å². The zero-order chi connectivity index (χ0) is 13.0. The van der Waals surface area contributed by atoms with E-state index >= 15 is 0 Å². The SMILES string of the molecule is O=[N+]([O-])c1cc(Br)ccc1NCc1ccncn1. The smallest absolute Gasteiger partial charge is 0.293 e. The van der Waals surface area contributed by atoms with Gasteiger partial charge in [-0.1, -0.05) is 15.9 Å². The van der Waals surface area contributed by atoms with Crippen LogP contribution < -0.4 is 5.32 Å². The molecule has 0 unspecified atom stereocenters. The minimum absolute atomic E-state index is 0.0263. The van der Waals surface area contributed by atoms with Crippen molar-refractivity contribution in [3.05, 3.63) is 57.1 Å². The molecule has 0 fully saturated rings. The second kappa shape index (κ2) is 5.54. The van der Waals surface area contributed by atoms with Gasteiger partial charge < -0.3 is 5.32 Å². The standard InChI is InChI=1S/C11H9BrN4O2/c12-8-1-2-10(11(5-8)16(17)18)14-6-9-3-4-13-7-15-9/h1-5,7,14H,6H2. The first-order valence-electron chi connectivity index (χ1n) is 5.09. The maximum atomic E-state index is 10.9. The zero-order valence-corrected chi connectivity index (χ0v) is 10.8. The van der Waals surface area contributed by atoms with Gasteiger partial charge in [-0.15, -0.1) is 0 Å². The fourth-order valence-corrected chi connectivity index (χ4v) is 1.76. The number of halogens is 1. The van der Waals surface area contributed by atoms with E-state index in [4.69, 9.17) is 0 Å². The molecule has 92 valence electrons. The molecule has 0 saturated carbocycles. The first-order valence-corrected chi connectivity index (χ1v) is 5.89. The second-order valence-corrected chi connectivity index (χ2v) is 4.39. The van der Waals surface area contributed by atoms with Crippen molar-refractivity contribution in [3.8, 4) is 0 Å². The fourth-order valence-electron chi connectivity index (χ4n) is 1.41. The summed E-state index contributed by atoms with van der Waals surface area (Å²) in [6.45, 7) is 0.408. The lowest BCUT2D eigenvalue weighted by Crippen LogP contribution is -2.04. The van der Waals surface area contributed by atoms with Gasteiger partial charge in [-0.25, -0.2) is 9.97 Å². The van der Waals surface area contributed by atoms with E-state index in [-0.39, 0.29) is 5.69 Å². The number of aromatic nitrogens is 2. The third-order valence-electron chi connectivity index (χ3n) is 2.26. The lowest BCUT2D eigenvalue weighted by Gasteiger charge is -2.06. The molecule has 0 atom stereocenters. The van der Waals surface area contributed by atoms with E-state index in [0.717, 1.165) is 5.69 Å². The van der Waals surface area contributed by atoms with E-state index in [1.54, 1.807) is 24.4 Å². The molecule has 1 aromatic carbocycles. The van der Waals surface area contributed by atoms with Gasteiger partial charge in [-0.2, -0.15) is 0 Å². The minimum atomic E-state index is -0.424. The molecule has 0 amide bonds. The molecule has 0 bridgehead atoms. The van der Waals surface area contributed by atoms with Crippen molar-refractivity contribution in [2.75, 3.05) is 5.32 Å². The highest BCUT2D eigenvalue weighted by atomic mass is 79.9. The van der Waals surface area contributed by atoms with Crippen molar-refractivity contribution in [2.45, 2.75) is 6.54 Å². The average Bonchev–Trinajstić information content (AvgIpc) is 2.38. The molecule has 0 aliphatic carbocycles. The largest absolute Gasteiger partial charge is 0.374 e. The summed E-state index contributed by atoms with van der Waals surface area (Å²) in [5.74, 6) is 0. The summed E-state index contributed by atoms with van der Waals surface area (Å²) in [6.07, 6.45) is 3.06. The molecule has 2 aromatic rings. The maximum Gasteiger partial charge on any atom is 0.293 e. The maximum absolute atomic E-state index is 10.9. The Bertz CT molecular complexity index is 562. The van der Waals surface area contributed by atoms with E-state index in [2.05, 4.69) is 31.2 Å². The molecule has 0 aliphatic rings. The summed E-state index contributed by atoms with van der Waals surface area (Å²) in [4.78, 5) is 18.3. The lowest BCUT2D eigenvalue weighted by molar-refractivity contribution is -0.384. The van der Waals surface area contributed by atoms with Crippen LogP contribution in [-0.2, 0) is 6.54 Å². The summed E-state index contributed by atoms with van der Waals surface area (Å²) in [7, 11) is 0. The first kappa shape index (κ1) is 12.4. The number of nitrogens with one attached hydrogen (secondary N) is 1. The van der Waals surface area contributed by atoms with Crippen molar-refractivity contribution in [3.63, 3.8) is 0 Å². The molecular weight excluding hydrogens is 300 g/mol. The molecule has 0 radical (unpaired) electrons. The monoisotopic (exact) mass is 308 g/mol. The van der Waals surface area contributed by atoms with Gasteiger partial charge in [0.2, 0.25) is 0 Å². The van der Waals surface area contributed by atoms with Crippen LogP contribution in [0.2, 0.25) is 0 Å². The summed E-state index contributed by atoms with van der Waals surface area (Å²) in [6, 6.07) is 6.61. The second-order valence-electron chi connectivity index (χ2n) is 3.47. The predicted octanol–water partition coefficient (Wildman–Crippen LogP) is 2.76. The fraction of sp³-hybridized carbons (Fsp3) is 0.0909. The van der Waals surface area contributed by atoms with Gasteiger partial charge in [0.25, 0.3) is 5.69 Å². The van der Waals surface area contributed by atoms with Gasteiger partial charge >= 0.3 is 0 Å². The number of benzene rings is 1. The zero-order valence-electron chi connectivity index (χ0n) is 9.21. The topological polar surface area (TPSA) is 81.0 Å². The molecule has 0 spiro atoms. The van der Waals surface area contributed by atoms with Crippen LogP contribution in [0, 0.1) is 10.1 Å². The third kappa shape index (κ3) is 3.01. The summed E-state index contributed by atoms with van der Waals surface area (Å²) < 4.78 is 0.668. The van der Waals surface area contributed by atoms with Crippen molar-refractivity contribution in [1.82, 2.24) is 9.97 Å². The Morgan fingerprint density at radius 2 is 2.22 bits per heavy atom. The van der Waals surface area contributed by atoms with Gasteiger partial charge in [-0.05, 0) is 18.2 Å². The van der Waals surface area contributed by atoms with Crippen LogP contribution in [0.25, 0.3) is 0 Å². The Morgan fingerprint density at radius 3 is 2.89 bits per heavy atom. The molecule has 2 rings (SSSR count). The number of anilines is 1. The summed E-state index contributed by atoms with van der Waals surface area (Å²) in [5.41, 5.74) is 1.25. The molecule has 0 saturated heterocycles. The molecule has 7 heteroatoms. The number of rotatable bonds is 4. The molecule has 6 nitrogen and oxygen atoms in total. The number of nitro groups is 1. The molecule has 1 N–H and O–H groups in total. The number of nitrogens with zero attached hydrogens (tertiary/aromatic N) is 3. The minimum Gasteiger partial charge on any atom is -0.374 e. The highest BCUT2D eigenvalue weighted by molar-refractivity contribution is 9.10. The van der Waals surface area contributed by atoms with Crippen LogP contribution in [0.15, 0.2) is 41.3 Å². The third-order valence-corrected chi connectivity index (χ3v) is 2.75. The van der Waals surface area contributed by atoms with Gasteiger partial charge in [0.15, 0.2) is 0 Å². The van der Waals surface area contributed by atoms with Gasteiger partial charge in [-0.3, -0.25) is 10.1 Å². The molecule has 1 aromatic heterocycles. The number of hydrogen-bond acceptors (Lipinski definition) is 5. The quantitative estimate of drug-likeness (QED) is 0.694. The van der Waals surface area contributed by atoms with Crippen LogP contribution in [0.1, 0.15) is 5.69 Å². The van der Waals surface area contributed by atoms with E-state index in [9.17, 15) is 10.1 Å². The number of hydrogen-bond donors (Lipinski definition) is 1. The van der Waals surface area contributed by atoms with Crippen molar-refractivity contribution >= 4 is 27.3 Å². The van der Waals surface area contributed by atoms with E-state index < -0.39 is 4.92 Å². The van der Waals surface area contributed by atoms with E-state index in [1.807, 2.05) is 0 Å². The predicted molar refractivity (Wildman–Crippen MR) is 70.2 cm³/mol. The average molecular weight is 309 g/mol. The van der Waals surface area contributed by atoms with Crippen molar-refractivity contribution < 1.29 is 4.92 Å². The Morgan fingerprint density at radius 1 is 1.39 bits per heavy atom. The highest BCUT2D eigenvalue weighted by Crippen LogP contribution is 2.28. The Labute approximate surface area is 111 Å². The van der Waals surface area contributed by atoms with Crippen LogP contribution in [0.3, 0.4) is 0 Å².